The zero-order chi connectivity index (χ0) is 20.6. The predicted octanol–water partition coefficient (Wildman–Crippen LogP) is 3.30. The number of hydrogen-bond donors (Lipinski definition) is 1. The molecule has 8 heteroatoms. The van der Waals surface area contributed by atoms with Crippen LogP contribution in [0.2, 0.25) is 0 Å². The van der Waals surface area contributed by atoms with Crippen molar-refractivity contribution in [2.75, 3.05) is 37.8 Å². The van der Waals surface area contributed by atoms with Crippen molar-refractivity contribution >= 4 is 37.5 Å². The van der Waals surface area contributed by atoms with E-state index < -0.39 is 10.0 Å². The number of likely N-dealkylation sites (tertiary alicyclic amines) is 1. The van der Waals surface area contributed by atoms with Gasteiger partial charge in [-0.3, -0.25) is 9.69 Å². The number of anilines is 1. The largest absolute Gasteiger partial charge is 0.325 e. The second-order valence-electron chi connectivity index (χ2n) is 8.91. The number of carbonyl (C=O) groups excluding carboxylic acids is 1. The normalized spacial score (nSPS) is 22.9. The molecule has 1 aromatic rings. The number of benzene rings is 1. The number of carbonyl (C=O) groups is 1. The van der Waals surface area contributed by atoms with E-state index in [1.165, 1.54) is 6.26 Å². The molecular weight excluding hydrogens is 442 g/mol. The summed E-state index contributed by atoms with van der Waals surface area (Å²) in [6, 6.07) is 7.55. The zero-order valence-electron chi connectivity index (χ0n) is 16.9. The Bertz CT molecular complexity index is 816. The van der Waals surface area contributed by atoms with Gasteiger partial charge < -0.3 is 5.32 Å². The van der Waals surface area contributed by atoms with Gasteiger partial charge in [-0.25, -0.2) is 8.42 Å². The van der Waals surface area contributed by atoms with E-state index in [0.29, 0.717) is 13.1 Å². The number of rotatable bonds is 4. The number of sulfonamides is 1. The third-order valence-corrected chi connectivity index (χ3v) is 8.19. The summed E-state index contributed by atoms with van der Waals surface area (Å²) in [5, 5.41) is 2.94. The van der Waals surface area contributed by atoms with Crippen molar-refractivity contribution in [3.8, 4) is 0 Å². The van der Waals surface area contributed by atoms with E-state index in [0.717, 1.165) is 48.9 Å². The molecule has 0 radical (unpaired) electrons. The summed E-state index contributed by atoms with van der Waals surface area (Å²) in [5.41, 5.74) is 0.512. The first kappa shape index (κ1) is 21.7. The van der Waals surface area contributed by atoms with Crippen molar-refractivity contribution in [2.24, 2.45) is 5.41 Å². The predicted molar refractivity (Wildman–Crippen MR) is 116 cm³/mol. The lowest BCUT2D eigenvalue weighted by Gasteiger charge is -2.52. The highest BCUT2D eigenvalue weighted by molar-refractivity contribution is 9.10. The monoisotopic (exact) mass is 471 g/mol. The Morgan fingerprint density at radius 1 is 1.11 bits per heavy atom. The molecule has 2 fully saturated rings. The summed E-state index contributed by atoms with van der Waals surface area (Å²) < 4.78 is 27.3. The van der Waals surface area contributed by atoms with Gasteiger partial charge in [0.05, 0.1) is 12.8 Å². The Morgan fingerprint density at radius 3 is 2.29 bits per heavy atom. The summed E-state index contributed by atoms with van der Waals surface area (Å²) in [7, 11) is -3.23. The number of halogens is 1. The van der Waals surface area contributed by atoms with Gasteiger partial charge in [-0.15, -0.1) is 0 Å². The molecule has 2 aliphatic heterocycles. The number of nitrogens with one attached hydrogen (secondary N) is 1. The Balaban J connectivity index is 1.55. The van der Waals surface area contributed by atoms with Gasteiger partial charge in [0.2, 0.25) is 15.9 Å². The maximum absolute atomic E-state index is 12.4. The van der Waals surface area contributed by atoms with Crippen LogP contribution in [0.15, 0.2) is 28.7 Å². The molecule has 2 heterocycles. The average Bonchev–Trinajstić information content (AvgIpc) is 2.60. The second-order valence-corrected chi connectivity index (χ2v) is 11.7. The van der Waals surface area contributed by atoms with Crippen molar-refractivity contribution in [3.05, 3.63) is 28.7 Å². The molecule has 0 bridgehead atoms. The smallest absolute Gasteiger partial charge is 0.238 e. The highest BCUT2D eigenvalue weighted by Gasteiger charge is 2.47. The van der Waals surface area contributed by atoms with Crippen molar-refractivity contribution in [1.82, 2.24) is 9.21 Å². The molecule has 1 amide bonds. The average molecular weight is 472 g/mol. The van der Waals surface area contributed by atoms with Gasteiger partial charge in [0.1, 0.15) is 0 Å². The van der Waals surface area contributed by atoms with Gasteiger partial charge in [0.15, 0.2) is 0 Å². The van der Waals surface area contributed by atoms with Gasteiger partial charge in [-0.05, 0) is 82.3 Å². The molecule has 2 saturated heterocycles. The van der Waals surface area contributed by atoms with Crippen LogP contribution in [-0.4, -0.2) is 61.5 Å². The third kappa shape index (κ3) is 5.14. The summed E-state index contributed by atoms with van der Waals surface area (Å²) in [5.74, 6) is -0.0131. The Labute approximate surface area is 176 Å². The fourth-order valence-corrected chi connectivity index (χ4v) is 6.15. The van der Waals surface area contributed by atoms with E-state index in [1.807, 2.05) is 38.1 Å². The summed E-state index contributed by atoms with van der Waals surface area (Å²) in [6.45, 7) is 6.65. The number of hydrogen-bond acceptors (Lipinski definition) is 4. The molecule has 0 atom stereocenters. The first-order valence-electron chi connectivity index (χ1n) is 9.75. The molecule has 156 valence electrons. The van der Waals surface area contributed by atoms with Crippen LogP contribution in [-0.2, 0) is 14.8 Å². The first-order valence-corrected chi connectivity index (χ1v) is 12.4. The maximum atomic E-state index is 12.4. The van der Waals surface area contributed by atoms with E-state index >= 15 is 0 Å². The fourth-order valence-electron chi connectivity index (χ4n) is 4.39. The lowest BCUT2D eigenvalue weighted by Crippen LogP contribution is -2.58. The highest BCUT2D eigenvalue weighted by Crippen LogP contribution is 2.45. The molecular formula is C20H30BrN3O3S. The standard InChI is InChI=1S/C20H30BrN3O3S/c1-19(2)8-9-20(15-24(19)28(3,26)27)10-12-23(13-11-20)14-18(25)22-17-6-4-16(21)5-7-17/h4-7H,8-15H2,1-3H3,(H,22,25). The Hall–Kier alpha value is -0.960. The van der Waals surface area contributed by atoms with Gasteiger partial charge >= 0.3 is 0 Å². The van der Waals surface area contributed by atoms with Crippen molar-refractivity contribution in [3.63, 3.8) is 0 Å². The minimum Gasteiger partial charge on any atom is -0.325 e. The van der Waals surface area contributed by atoms with Crippen molar-refractivity contribution < 1.29 is 13.2 Å². The molecule has 1 aromatic carbocycles. The lowest BCUT2D eigenvalue weighted by atomic mass is 9.69. The van der Waals surface area contributed by atoms with Crippen LogP contribution in [0.3, 0.4) is 0 Å². The van der Waals surface area contributed by atoms with Crippen LogP contribution in [0.4, 0.5) is 5.69 Å². The van der Waals surface area contributed by atoms with E-state index in [2.05, 4.69) is 26.1 Å². The molecule has 0 unspecified atom stereocenters. The van der Waals surface area contributed by atoms with Crippen molar-refractivity contribution in [1.29, 1.82) is 0 Å². The van der Waals surface area contributed by atoms with Gasteiger partial charge in [0, 0.05) is 22.2 Å². The zero-order valence-corrected chi connectivity index (χ0v) is 19.3. The Morgan fingerprint density at radius 2 is 1.71 bits per heavy atom. The fraction of sp³-hybridized carbons (Fsp3) is 0.650. The molecule has 3 rings (SSSR count). The molecule has 2 aliphatic rings. The Kier molecular flexibility index (Phi) is 6.25. The van der Waals surface area contributed by atoms with Gasteiger partial charge in [-0.1, -0.05) is 15.9 Å². The number of piperidine rings is 2. The summed E-state index contributed by atoms with van der Waals surface area (Å²) in [6.07, 6.45) is 5.10. The molecule has 0 aliphatic carbocycles. The molecule has 1 spiro atoms. The summed E-state index contributed by atoms with van der Waals surface area (Å²) in [4.78, 5) is 14.5. The van der Waals surface area contributed by atoms with E-state index in [9.17, 15) is 13.2 Å². The minimum atomic E-state index is -3.23. The van der Waals surface area contributed by atoms with E-state index in [1.54, 1.807) is 4.31 Å². The van der Waals surface area contributed by atoms with Crippen LogP contribution in [0.1, 0.15) is 39.5 Å². The van der Waals surface area contributed by atoms with Crippen LogP contribution in [0, 0.1) is 5.41 Å². The van der Waals surface area contributed by atoms with E-state index in [-0.39, 0.29) is 16.9 Å². The molecule has 1 N–H and O–H groups in total. The van der Waals surface area contributed by atoms with Crippen LogP contribution < -0.4 is 5.32 Å². The second kappa shape index (κ2) is 8.05. The minimum absolute atomic E-state index is 0.0131. The molecule has 28 heavy (non-hydrogen) atoms. The van der Waals surface area contributed by atoms with Gasteiger partial charge in [-0.2, -0.15) is 4.31 Å². The maximum Gasteiger partial charge on any atom is 0.238 e. The molecule has 0 saturated carbocycles. The molecule has 0 aromatic heterocycles. The first-order chi connectivity index (χ1) is 13.0. The van der Waals surface area contributed by atoms with Crippen LogP contribution >= 0.6 is 15.9 Å². The number of nitrogens with zero attached hydrogens (tertiary/aromatic N) is 2. The number of amides is 1. The quantitative estimate of drug-likeness (QED) is 0.730. The lowest BCUT2D eigenvalue weighted by molar-refractivity contribution is -0.118. The highest BCUT2D eigenvalue weighted by atomic mass is 79.9. The molecule has 6 nitrogen and oxygen atoms in total. The third-order valence-electron chi connectivity index (χ3n) is 6.23. The topological polar surface area (TPSA) is 69.7 Å². The van der Waals surface area contributed by atoms with E-state index in [4.69, 9.17) is 0 Å². The SMILES string of the molecule is CC1(C)CCC2(CCN(CC(=O)Nc3ccc(Br)cc3)CC2)CN1S(C)(=O)=O. The summed E-state index contributed by atoms with van der Waals surface area (Å²) >= 11 is 3.39. The van der Waals surface area contributed by atoms with Crippen LogP contribution in [0.25, 0.3) is 0 Å². The van der Waals surface area contributed by atoms with Gasteiger partial charge in [0.25, 0.3) is 0 Å². The van der Waals surface area contributed by atoms with Crippen molar-refractivity contribution in [2.45, 2.75) is 45.1 Å². The van der Waals surface area contributed by atoms with Crippen LogP contribution in [0.5, 0.6) is 0 Å².